The Morgan fingerprint density at radius 2 is 1.80 bits per heavy atom. The fourth-order valence-corrected chi connectivity index (χ4v) is 5.20. The van der Waals surface area contributed by atoms with Gasteiger partial charge >= 0.3 is 5.69 Å². The number of fused-ring (bicyclic) bond motifs is 2. The highest BCUT2D eigenvalue weighted by Gasteiger charge is 2.35. The summed E-state index contributed by atoms with van der Waals surface area (Å²) in [6.45, 7) is 8.65. The summed E-state index contributed by atoms with van der Waals surface area (Å²) >= 11 is 0. The van der Waals surface area contributed by atoms with Crippen LogP contribution in [0, 0.1) is 0 Å². The average Bonchev–Trinajstić information content (AvgIpc) is 3.29. The maximum absolute atomic E-state index is 12.9. The summed E-state index contributed by atoms with van der Waals surface area (Å²) in [5.74, 6) is 0. The number of nitrogens with zero attached hydrogens (tertiary/aromatic N) is 4. The molecule has 1 aliphatic carbocycles. The van der Waals surface area contributed by atoms with Gasteiger partial charge < -0.3 is 9.88 Å². The van der Waals surface area contributed by atoms with E-state index in [1.165, 1.54) is 22.7 Å². The third kappa shape index (κ3) is 3.31. The van der Waals surface area contributed by atoms with Crippen molar-refractivity contribution in [3.8, 4) is 0 Å². The van der Waals surface area contributed by atoms with Crippen LogP contribution in [-0.2, 0) is 26.1 Å². The van der Waals surface area contributed by atoms with Crippen molar-refractivity contribution in [1.29, 1.82) is 0 Å². The van der Waals surface area contributed by atoms with E-state index >= 15 is 0 Å². The summed E-state index contributed by atoms with van der Waals surface area (Å²) in [4.78, 5) is 29.5. The van der Waals surface area contributed by atoms with E-state index in [4.69, 9.17) is 0 Å². The molecule has 7 nitrogen and oxygen atoms in total. The monoisotopic (exact) mass is 409 g/mol. The lowest BCUT2D eigenvalue weighted by molar-refractivity contribution is 0.211. The van der Waals surface area contributed by atoms with Crippen LogP contribution in [0.2, 0.25) is 0 Å². The molecular formula is C23H31N5O2. The van der Waals surface area contributed by atoms with Crippen molar-refractivity contribution < 1.29 is 0 Å². The third-order valence-corrected chi connectivity index (χ3v) is 6.37. The molecule has 0 saturated carbocycles. The molecule has 0 amide bonds. The van der Waals surface area contributed by atoms with E-state index in [1.807, 2.05) is 4.57 Å². The molecule has 0 saturated heterocycles. The van der Waals surface area contributed by atoms with Crippen LogP contribution in [-0.4, -0.2) is 24.2 Å². The van der Waals surface area contributed by atoms with Crippen LogP contribution in [0.4, 0.5) is 0 Å². The molecule has 0 fully saturated rings. The molecule has 2 aromatic heterocycles. The van der Waals surface area contributed by atoms with Gasteiger partial charge in [-0.05, 0) is 58.1 Å². The van der Waals surface area contributed by atoms with Crippen molar-refractivity contribution >= 4 is 11.2 Å². The van der Waals surface area contributed by atoms with Crippen molar-refractivity contribution in [2.24, 2.45) is 14.1 Å². The zero-order valence-corrected chi connectivity index (χ0v) is 18.7. The summed E-state index contributed by atoms with van der Waals surface area (Å²) in [5, 5.41) is 3.85. The van der Waals surface area contributed by atoms with E-state index in [-0.39, 0.29) is 22.3 Å². The second-order valence-corrected chi connectivity index (χ2v) is 9.80. The summed E-state index contributed by atoms with van der Waals surface area (Å²) in [6, 6.07) is 8.97. The van der Waals surface area contributed by atoms with Gasteiger partial charge in [0.2, 0.25) is 0 Å². The molecule has 1 aromatic carbocycles. The molecule has 0 bridgehead atoms. The maximum atomic E-state index is 12.9. The van der Waals surface area contributed by atoms with Crippen molar-refractivity contribution in [2.45, 2.75) is 64.1 Å². The van der Waals surface area contributed by atoms with E-state index in [0.717, 1.165) is 23.8 Å². The predicted octanol–water partition coefficient (Wildman–Crippen LogP) is 2.61. The van der Waals surface area contributed by atoms with E-state index < -0.39 is 0 Å². The van der Waals surface area contributed by atoms with Crippen LogP contribution < -0.4 is 16.6 Å². The summed E-state index contributed by atoms with van der Waals surface area (Å²) in [5.41, 5.74) is 2.47. The van der Waals surface area contributed by atoms with Crippen LogP contribution in [0.25, 0.3) is 11.2 Å². The van der Waals surface area contributed by atoms with Gasteiger partial charge in [0, 0.05) is 31.2 Å². The van der Waals surface area contributed by atoms with E-state index in [0.29, 0.717) is 17.2 Å². The average molecular weight is 410 g/mol. The molecule has 1 atom stereocenters. The summed E-state index contributed by atoms with van der Waals surface area (Å²) in [7, 11) is 3.16. The van der Waals surface area contributed by atoms with Crippen molar-refractivity contribution in [2.75, 3.05) is 0 Å². The molecule has 1 aliphatic rings. The van der Waals surface area contributed by atoms with Gasteiger partial charge in [0.1, 0.15) is 0 Å². The molecule has 30 heavy (non-hydrogen) atoms. The number of aromatic nitrogens is 4. The lowest BCUT2D eigenvalue weighted by Gasteiger charge is -2.39. The fourth-order valence-electron chi connectivity index (χ4n) is 5.20. The maximum Gasteiger partial charge on any atom is 0.332 e. The molecule has 0 radical (unpaired) electrons. The number of aryl methyl sites for hydroxylation is 2. The number of hydrogen-bond acceptors (Lipinski definition) is 4. The first-order chi connectivity index (χ1) is 14.0. The minimum absolute atomic E-state index is 0.173. The zero-order chi connectivity index (χ0) is 21.8. The quantitative estimate of drug-likeness (QED) is 0.703. The first-order valence-electron chi connectivity index (χ1n) is 10.5. The Kier molecular flexibility index (Phi) is 4.77. The molecule has 1 unspecified atom stereocenters. The Labute approximate surface area is 176 Å². The van der Waals surface area contributed by atoms with Gasteiger partial charge in [0.25, 0.3) is 5.56 Å². The lowest BCUT2D eigenvalue weighted by Crippen LogP contribution is -2.47. The van der Waals surface area contributed by atoms with E-state index in [9.17, 15) is 9.59 Å². The number of nitrogens with one attached hydrogen (secondary N) is 1. The lowest BCUT2D eigenvalue weighted by atomic mass is 9.85. The first kappa shape index (κ1) is 20.6. The fraction of sp³-hybridized carbons (Fsp3) is 0.522. The van der Waals surface area contributed by atoms with Crippen molar-refractivity contribution in [1.82, 2.24) is 24.0 Å². The minimum atomic E-state index is -0.382. The predicted molar refractivity (Wildman–Crippen MR) is 119 cm³/mol. The topological polar surface area (TPSA) is 73.8 Å². The number of imidazole rings is 1. The second kappa shape index (κ2) is 6.94. The molecule has 3 aromatic rings. The molecule has 4 rings (SSSR count). The molecular weight excluding hydrogens is 378 g/mol. The van der Waals surface area contributed by atoms with Crippen LogP contribution in [0.15, 0.2) is 40.2 Å². The third-order valence-electron chi connectivity index (χ3n) is 6.37. The van der Waals surface area contributed by atoms with Gasteiger partial charge in [0.05, 0.1) is 6.33 Å². The number of hydrogen-bond donors (Lipinski definition) is 1. The van der Waals surface area contributed by atoms with Gasteiger partial charge in [-0.25, -0.2) is 9.78 Å². The molecule has 0 aliphatic heterocycles. The minimum Gasteiger partial charge on any atom is -0.319 e. The van der Waals surface area contributed by atoms with Gasteiger partial charge in [-0.3, -0.25) is 13.9 Å². The van der Waals surface area contributed by atoms with Crippen molar-refractivity contribution in [3.63, 3.8) is 0 Å². The molecule has 0 spiro atoms. The molecule has 160 valence electrons. The largest absolute Gasteiger partial charge is 0.332 e. The highest BCUT2D eigenvalue weighted by atomic mass is 16.2. The van der Waals surface area contributed by atoms with Gasteiger partial charge in [-0.15, -0.1) is 0 Å². The zero-order valence-electron chi connectivity index (χ0n) is 18.7. The molecule has 2 heterocycles. The SMILES string of the molecule is Cn1c(=O)c2c(ncn2C(C)(C)CC(C)(C)NC2CCc3ccccc32)n(C)c1=O. The molecule has 1 N–H and O–H groups in total. The number of benzene rings is 1. The standard InChI is InChI=1S/C23H31N5O2/c1-22(2,25-17-12-11-15-9-7-8-10-16(15)17)13-23(3,4)28-14-24-19-18(28)20(29)27(6)21(30)26(19)5/h7-10,14,17,25H,11-13H2,1-6H3. The van der Waals surface area contributed by atoms with Gasteiger partial charge in [-0.2, -0.15) is 0 Å². The Bertz CT molecular complexity index is 1230. The molecule has 7 heteroatoms. The van der Waals surface area contributed by atoms with Crippen molar-refractivity contribution in [3.05, 3.63) is 62.6 Å². The summed E-state index contributed by atoms with van der Waals surface area (Å²) < 4.78 is 4.51. The van der Waals surface area contributed by atoms with Crippen LogP contribution in [0.3, 0.4) is 0 Å². The Morgan fingerprint density at radius 3 is 2.53 bits per heavy atom. The van der Waals surface area contributed by atoms with Gasteiger partial charge in [-0.1, -0.05) is 24.3 Å². The van der Waals surface area contributed by atoms with Gasteiger partial charge in [0.15, 0.2) is 11.2 Å². The number of rotatable bonds is 5. The highest BCUT2D eigenvalue weighted by Crippen LogP contribution is 2.35. The van der Waals surface area contributed by atoms with E-state index in [1.54, 1.807) is 13.4 Å². The van der Waals surface area contributed by atoms with Crippen LogP contribution in [0.1, 0.15) is 57.7 Å². The smallest absolute Gasteiger partial charge is 0.319 e. The highest BCUT2D eigenvalue weighted by molar-refractivity contribution is 5.70. The second-order valence-electron chi connectivity index (χ2n) is 9.80. The van der Waals surface area contributed by atoms with E-state index in [2.05, 4.69) is 62.3 Å². The van der Waals surface area contributed by atoms with Crippen LogP contribution in [0.5, 0.6) is 0 Å². The van der Waals surface area contributed by atoms with Crippen LogP contribution >= 0.6 is 0 Å². The first-order valence-corrected chi connectivity index (χ1v) is 10.5. The normalized spacial score (nSPS) is 16.9. The Hall–Kier alpha value is -2.67. The summed E-state index contributed by atoms with van der Waals surface area (Å²) in [6.07, 6.45) is 4.67. The Balaban J connectivity index is 1.66. The Morgan fingerprint density at radius 1 is 1.10 bits per heavy atom.